The van der Waals surface area contributed by atoms with Crippen LogP contribution in [0.1, 0.15) is 11.3 Å². The largest absolute Gasteiger partial charge is 0.496 e. The molecule has 0 bridgehead atoms. The molecule has 0 unspecified atom stereocenters. The van der Waals surface area contributed by atoms with Crippen molar-refractivity contribution in [2.24, 2.45) is 0 Å². The summed E-state index contributed by atoms with van der Waals surface area (Å²) in [7, 11) is 1.45. The van der Waals surface area contributed by atoms with E-state index in [2.05, 4.69) is 0 Å². The lowest BCUT2D eigenvalue weighted by Crippen LogP contribution is -2.60. The fourth-order valence-corrected chi connectivity index (χ4v) is 2.84. The van der Waals surface area contributed by atoms with Gasteiger partial charge in [0.25, 0.3) is 0 Å². The van der Waals surface area contributed by atoms with Crippen LogP contribution in [0.5, 0.6) is 11.5 Å². The molecule has 9 nitrogen and oxygen atoms in total. The molecule has 0 radical (unpaired) electrons. The van der Waals surface area contributed by atoms with Gasteiger partial charge in [-0.15, -0.1) is 0 Å². The summed E-state index contributed by atoms with van der Waals surface area (Å²) < 4.78 is 21.0. The van der Waals surface area contributed by atoms with E-state index in [1.807, 2.05) is 0 Å². The smallest absolute Gasteiger partial charge is 0.339 e. The van der Waals surface area contributed by atoms with Gasteiger partial charge < -0.3 is 39.1 Å². The Balaban J connectivity index is 1.74. The molecule has 2 aromatic rings. The molecule has 1 fully saturated rings. The molecular formula is C20H22O9. The van der Waals surface area contributed by atoms with E-state index in [0.717, 1.165) is 0 Å². The van der Waals surface area contributed by atoms with Crippen LogP contribution in [0.15, 0.2) is 45.6 Å². The third-order valence-electron chi connectivity index (χ3n) is 4.40. The molecule has 29 heavy (non-hydrogen) atoms. The second-order valence-electron chi connectivity index (χ2n) is 6.44. The molecule has 0 saturated carbocycles. The average molecular weight is 406 g/mol. The molecule has 1 aromatic carbocycles. The van der Waals surface area contributed by atoms with E-state index in [1.165, 1.54) is 13.2 Å². The molecule has 1 aliphatic rings. The van der Waals surface area contributed by atoms with Crippen LogP contribution >= 0.6 is 0 Å². The number of hydrogen-bond donors (Lipinski definition) is 4. The highest BCUT2D eigenvalue weighted by atomic mass is 16.7. The standard InChI is InChI=1S/C20H22O9/c1-26-14-8-13(27-16(22)9-14)6-5-11-3-2-4-12(7-11)28-20-19(25)18(24)17(23)15(10-21)29-20/h2-9,15,17-21,23-25H,10H2,1H3/b6-5+/t15-,17-,18+,19-,20-/m1/s1. The third-order valence-corrected chi connectivity index (χ3v) is 4.40. The minimum atomic E-state index is -1.52. The molecule has 1 aromatic heterocycles. The maximum atomic E-state index is 11.5. The second-order valence-corrected chi connectivity index (χ2v) is 6.44. The van der Waals surface area contributed by atoms with Gasteiger partial charge in [0.15, 0.2) is 0 Å². The first-order chi connectivity index (χ1) is 13.9. The fraction of sp³-hybridized carbons (Fsp3) is 0.350. The molecule has 1 aliphatic heterocycles. The number of benzene rings is 1. The molecule has 2 heterocycles. The molecule has 0 aliphatic carbocycles. The molecule has 4 N–H and O–H groups in total. The first-order valence-electron chi connectivity index (χ1n) is 8.86. The van der Waals surface area contributed by atoms with Gasteiger partial charge in [0.05, 0.1) is 19.8 Å². The van der Waals surface area contributed by atoms with Crippen LogP contribution in [0.2, 0.25) is 0 Å². The molecule has 156 valence electrons. The summed E-state index contributed by atoms with van der Waals surface area (Å²) in [5.74, 6) is 0.999. The van der Waals surface area contributed by atoms with Crippen LogP contribution in [-0.2, 0) is 4.74 Å². The fourth-order valence-electron chi connectivity index (χ4n) is 2.84. The van der Waals surface area contributed by atoms with Crippen molar-refractivity contribution in [3.05, 3.63) is 58.1 Å². The van der Waals surface area contributed by atoms with E-state index in [1.54, 1.807) is 42.5 Å². The maximum Gasteiger partial charge on any atom is 0.339 e. The van der Waals surface area contributed by atoms with Gasteiger partial charge >= 0.3 is 5.63 Å². The molecule has 3 rings (SSSR count). The van der Waals surface area contributed by atoms with Gasteiger partial charge in [0.2, 0.25) is 6.29 Å². The van der Waals surface area contributed by atoms with Crippen molar-refractivity contribution in [2.75, 3.05) is 13.7 Å². The van der Waals surface area contributed by atoms with E-state index in [0.29, 0.717) is 22.8 Å². The zero-order chi connectivity index (χ0) is 21.0. The minimum absolute atomic E-state index is 0.301. The Bertz CT molecular complexity index is 905. The maximum absolute atomic E-state index is 11.5. The summed E-state index contributed by atoms with van der Waals surface area (Å²) in [5, 5.41) is 39.0. The van der Waals surface area contributed by atoms with Crippen LogP contribution in [0, 0.1) is 0 Å². The highest BCUT2D eigenvalue weighted by molar-refractivity contribution is 5.68. The predicted octanol–water partition coefficient (Wildman–Crippen LogP) is -0.00250. The monoisotopic (exact) mass is 406 g/mol. The van der Waals surface area contributed by atoms with E-state index in [9.17, 15) is 25.2 Å². The van der Waals surface area contributed by atoms with Crippen LogP contribution in [-0.4, -0.2) is 64.8 Å². The van der Waals surface area contributed by atoms with Crippen LogP contribution in [0.3, 0.4) is 0 Å². The van der Waals surface area contributed by atoms with Gasteiger partial charge in [0.1, 0.15) is 41.7 Å². The molecule has 1 saturated heterocycles. The Morgan fingerprint density at radius 1 is 1.03 bits per heavy atom. The topological polar surface area (TPSA) is 139 Å². The summed E-state index contributed by atoms with van der Waals surface area (Å²) in [4.78, 5) is 11.5. The van der Waals surface area contributed by atoms with Gasteiger partial charge in [-0.25, -0.2) is 4.79 Å². The van der Waals surface area contributed by atoms with E-state index in [-0.39, 0.29) is 0 Å². The number of aliphatic hydroxyl groups excluding tert-OH is 4. The Morgan fingerprint density at radius 2 is 1.83 bits per heavy atom. The van der Waals surface area contributed by atoms with Gasteiger partial charge in [-0.3, -0.25) is 0 Å². The van der Waals surface area contributed by atoms with Gasteiger partial charge in [-0.05, 0) is 23.8 Å². The Labute approximate surface area is 166 Å². The van der Waals surface area contributed by atoms with Crippen molar-refractivity contribution in [3.63, 3.8) is 0 Å². The molecular weight excluding hydrogens is 384 g/mol. The van der Waals surface area contributed by atoms with Crippen LogP contribution < -0.4 is 15.1 Å². The highest BCUT2D eigenvalue weighted by Gasteiger charge is 2.44. The summed E-state index contributed by atoms with van der Waals surface area (Å²) in [6, 6.07) is 9.51. The molecule has 0 amide bonds. The number of rotatable bonds is 6. The number of methoxy groups -OCH3 is 1. The van der Waals surface area contributed by atoms with E-state index in [4.69, 9.17) is 18.6 Å². The van der Waals surface area contributed by atoms with Crippen molar-refractivity contribution >= 4 is 12.2 Å². The van der Waals surface area contributed by atoms with Gasteiger partial charge in [0, 0.05) is 6.07 Å². The molecule has 0 spiro atoms. The lowest BCUT2D eigenvalue weighted by atomic mass is 9.99. The van der Waals surface area contributed by atoms with Gasteiger partial charge in [-0.1, -0.05) is 18.2 Å². The first-order valence-corrected chi connectivity index (χ1v) is 8.86. The normalized spacial score (nSPS) is 27.1. The summed E-state index contributed by atoms with van der Waals surface area (Å²) in [6.07, 6.45) is -3.56. The van der Waals surface area contributed by atoms with Gasteiger partial charge in [-0.2, -0.15) is 0 Å². The summed E-state index contributed by atoms with van der Waals surface area (Å²) in [6.45, 7) is -0.542. The summed E-state index contributed by atoms with van der Waals surface area (Å²) in [5.41, 5.74) is 0.154. The lowest BCUT2D eigenvalue weighted by Gasteiger charge is -2.39. The number of hydrogen-bond acceptors (Lipinski definition) is 9. The average Bonchev–Trinajstić information content (AvgIpc) is 2.72. The van der Waals surface area contributed by atoms with Crippen molar-refractivity contribution in [3.8, 4) is 11.5 Å². The number of aliphatic hydroxyl groups is 4. The van der Waals surface area contributed by atoms with Crippen molar-refractivity contribution in [2.45, 2.75) is 30.7 Å². The lowest BCUT2D eigenvalue weighted by molar-refractivity contribution is -0.277. The number of ether oxygens (including phenoxy) is 3. The second kappa shape index (κ2) is 9.21. The summed E-state index contributed by atoms with van der Waals surface area (Å²) >= 11 is 0. The van der Waals surface area contributed by atoms with Crippen LogP contribution in [0.25, 0.3) is 12.2 Å². The highest BCUT2D eigenvalue weighted by Crippen LogP contribution is 2.25. The quantitative estimate of drug-likeness (QED) is 0.522. The first kappa shape index (κ1) is 21.0. The SMILES string of the molecule is COc1cc(/C=C/c2cccc(O[C@@H]3O[C@H](CO)[C@@H](O)[C@H](O)[C@H]3O)c2)oc(=O)c1. The zero-order valence-corrected chi connectivity index (χ0v) is 15.5. The van der Waals surface area contributed by atoms with E-state index >= 15 is 0 Å². The Morgan fingerprint density at radius 3 is 2.55 bits per heavy atom. The predicted molar refractivity (Wildman–Crippen MR) is 101 cm³/mol. The van der Waals surface area contributed by atoms with Crippen molar-refractivity contribution in [1.82, 2.24) is 0 Å². The Kier molecular flexibility index (Phi) is 6.68. The third kappa shape index (κ3) is 5.03. The van der Waals surface area contributed by atoms with E-state index < -0.39 is 42.9 Å². The molecule has 9 heteroatoms. The van der Waals surface area contributed by atoms with Crippen molar-refractivity contribution < 1.29 is 39.1 Å². The van der Waals surface area contributed by atoms with Crippen molar-refractivity contribution in [1.29, 1.82) is 0 Å². The molecule has 5 atom stereocenters. The zero-order valence-electron chi connectivity index (χ0n) is 15.5. The Hall–Kier alpha value is -2.69. The minimum Gasteiger partial charge on any atom is -0.496 e. The van der Waals surface area contributed by atoms with Crippen LogP contribution in [0.4, 0.5) is 0 Å².